The molecule has 2 N–H and O–H groups in total. The van der Waals surface area contributed by atoms with Crippen LogP contribution in [0.15, 0.2) is 12.1 Å². The van der Waals surface area contributed by atoms with Crippen LogP contribution in [0.5, 0.6) is 0 Å². The van der Waals surface area contributed by atoms with E-state index in [9.17, 15) is 30.3 Å². The second-order valence-corrected chi connectivity index (χ2v) is 3.80. The second-order valence-electron chi connectivity index (χ2n) is 3.80. The van der Waals surface area contributed by atoms with Crippen LogP contribution in [0.4, 0.5) is 5.69 Å². The Bertz CT molecular complexity index is 507. The van der Waals surface area contributed by atoms with Gasteiger partial charge in [-0.25, -0.2) is 0 Å². The summed E-state index contributed by atoms with van der Waals surface area (Å²) < 4.78 is 0. The molecule has 0 radical (unpaired) electrons. The van der Waals surface area contributed by atoms with E-state index in [1.54, 1.807) is 0 Å². The lowest BCUT2D eigenvalue weighted by molar-refractivity contribution is -0.499. The predicted molar refractivity (Wildman–Crippen MR) is 62.9 cm³/mol. The number of nitro groups is 3. The summed E-state index contributed by atoms with van der Waals surface area (Å²) in [5.41, 5.74) is 5.76. The molecule has 1 rings (SSSR count). The zero-order valence-electron chi connectivity index (χ0n) is 9.64. The van der Waals surface area contributed by atoms with Crippen LogP contribution in [0, 0.1) is 30.3 Å². The Morgan fingerprint density at radius 1 is 0.842 bits per heavy atom. The van der Waals surface area contributed by atoms with Crippen molar-refractivity contribution >= 4 is 5.69 Å². The lowest BCUT2D eigenvalue weighted by Crippen LogP contribution is -2.10. The van der Waals surface area contributed by atoms with Crippen LogP contribution in [0.3, 0.4) is 0 Å². The van der Waals surface area contributed by atoms with Gasteiger partial charge < -0.3 is 5.73 Å². The minimum Gasteiger partial charge on any atom is -0.398 e. The van der Waals surface area contributed by atoms with E-state index >= 15 is 0 Å². The van der Waals surface area contributed by atoms with Crippen molar-refractivity contribution in [2.45, 2.75) is 19.6 Å². The van der Waals surface area contributed by atoms with Crippen LogP contribution >= 0.6 is 0 Å². The first-order chi connectivity index (χ1) is 8.79. The molecule has 0 aliphatic heterocycles. The molecule has 0 unspecified atom stereocenters. The third-order valence-corrected chi connectivity index (χ3v) is 2.32. The van der Waals surface area contributed by atoms with E-state index in [0.717, 1.165) is 0 Å². The van der Waals surface area contributed by atoms with Gasteiger partial charge in [0.25, 0.3) is 0 Å². The third kappa shape index (κ3) is 4.18. The topological polar surface area (TPSA) is 155 Å². The quantitative estimate of drug-likeness (QED) is 0.450. The van der Waals surface area contributed by atoms with Gasteiger partial charge in [-0.2, -0.15) is 0 Å². The normalized spacial score (nSPS) is 10.1. The number of nitrogens with zero attached hydrogens (tertiary/aromatic N) is 3. The van der Waals surface area contributed by atoms with E-state index in [4.69, 9.17) is 5.73 Å². The van der Waals surface area contributed by atoms with Crippen molar-refractivity contribution in [2.75, 3.05) is 5.73 Å². The fraction of sp³-hybridized carbons (Fsp3) is 0.333. The van der Waals surface area contributed by atoms with Gasteiger partial charge in [0.1, 0.15) is 0 Å². The molecule has 0 amide bonds. The van der Waals surface area contributed by atoms with Crippen LogP contribution in [0.2, 0.25) is 0 Å². The number of nitrogens with two attached hydrogens (primary N) is 1. The van der Waals surface area contributed by atoms with Crippen LogP contribution in [0.25, 0.3) is 0 Å². The lowest BCUT2D eigenvalue weighted by Gasteiger charge is -2.08. The Morgan fingerprint density at radius 2 is 1.21 bits per heavy atom. The molecule has 0 bridgehead atoms. The standard InChI is InChI=1S/C9H10N4O6/c10-9-7(4-12(16)17)1-6(3-11(14)15)2-8(9)5-13(18)19/h1-2H,3-5,10H2. The summed E-state index contributed by atoms with van der Waals surface area (Å²) in [5, 5.41) is 31.4. The van der Waals surface area contributed by atoms with E-state index in [1.165, 1.54) is 12.1 Å². The van der Waals surface area contributed by atoms with E-state index in [-0.39, 0.29) is 22.4 Å². The first kappa shape index (κ1) is 14.3. The smallest absolute Gasteiger partial charge is 0.230 e. The summed E-state index contributed by atoms with van der Waals surface area (Å²) in [4.78, 5) is 29.4. The molecule has 0 saturated carbocycles. The molecular weight excluding hydrogens is 260 g/mol. The maximum absolute atomic E-state index is 10.5. The largest absolute Gasteiger partial charge is 0.398 e. The molecule has 10 heteroatoms. The van der Waals surface area contributed by atoms with E-state index in [1.807, 2.05) is 0 Å². The fourth-order valence-electron chi connectivity index (χ4n) is 1.63. The zero-order valence-corrected chi connectivity index (χ0v) is 9.64. The van der Waals surface area contributed by atoms with Crippen molar-refractivity contribution in [2.24, 2.45) is 0 Å². The van der Waals surface area contributed by atoms with E-state index < -0.39 is 34.4 Å². The molecule has 0 spiro atoms. The number of benzene rings is 1. The number of nitrogen functional groups attached to an aromatic ring is 1. The predicted octanol–water partition coefficient (Wildman–Crippen LogP) is 0.599. The van der Waals surface area contributed by atoms with E-state index in [2.05, 4.69) is 0 Å². The van der Waals surface area contributed by atoms with Crippen LogP contribution in [0.1, 0.15) is 16.7 Å². The second kappa shape index (κ2) is 5.71. The highest BCUT2D eigenvalue weighted by atomic mass is 16.6. The Kier molecular flexibility index (Phi) is 4.29. The van der Waals surface area contributed by atoms with Gasteiger partial charge in [0, 0.05) is 31.5 Å². The summed E-state index contributed by atoms with van der Waals surface area (Å²) in [6.07, 6.45) is 0. The van der Waals surface area contributed by atoms with Gasteiger partial charge in [-0.3, -0.25) is 30.3 Å². The maximum Gasteiger partial charge on any atom is 0.230 e. The average Bonchev–Trinajstić information content (AvgIpc) is 2.22. The molecule has 0 aliphatic carbocycles. The Morgan fingerprint density at radius 3 is 1.53 bits per heavy atom. The fourth-order valence-corrected chi connectivity index (χ4v) is 1.63. The molecule has 10 nitrogen and oxygen atoms in total. The van der Waals surface area contributed by atoms with Crippen molar-refractivity contribution in [1.82, 2.24) is 0 Å². The van der Waals surface area contributed by atoms with Gasteiger partial charge in [-0.05, 0) is 12.1 Å². The van der Waals surface area contributed by atoms with E-state index in [0.29, 0.717) is 0 Å². The highest BCUT2D eigenvalue weighted by Gasteiger charge is 2.17. The van der Waals surface area contributed by atoms with Gasteiger partial charge in [0.05, 0.1) is 5.69 Å². The molecule has 0 heterocycles. The van der Waals surface area contributed by atoms with Crippen molar-refractivity contribution in [1.29, 1.82) is 0 Å². The molecule has 1 aromatic carbocycles. The van der Waals surface area contributed by atoms with Gasteiger partial charge >= 0.3 is 0 Å². The first-order valence-electron chi connectivity index (χ1n) is 5.05. The molecule has 0 atom stereocenters. The number of rotatable bonds is 6. The molecular formula is C9H10N4O6. The number of hydrogen-bond acceptors (Lipinski definition) is 7. The molecule has 0 saturated heterocycles. The molecule has 102 valence electrons. The highest BCUT2D eigenvalue weighted by Crippen LogP contribution is 2.22. The molecule has 0 fully saturated rings. The monoisotopic (exact) mass is 270 g/mol. The Hall–Kier alpha value is -2.78. The molecule has 0 aromatic heterocycles. The van der Waals surface area contributed by atoms with Crippen LogP contribution < -0.4 is 5.73 Å². The maximum atomic E-state index is 10.5. The van der Waals surface area contributed by atoms with Gasteiger partial charge in [-0.1, -0.05) is 0 Å². The van der Waals surface area contributed by atoms with Crippen LogP contribution in [-0.4, -0.2) is 14.8 Å². The molecule has 1 aromatic rings. The molecule has 0 aliphatic rings. The highest BCUT2D eigenvalue weighted by molar-refractivity contribution is 5.55. The van der Waals surface area contributed by atoms with Gasteiger partial charge in [0.15, 0.2) is 0 Å². The van der Waals surface area contributed by atoms with Crippen molar-refractivity contribution < 1.29 is 14.8 Å². The van der Waals surface area contributed by atoms with Gasteiger partial charge in [0.2, 0.25) is 19.6 Å². The minimum absolute atomic E-state index is 0.0428. The lowest BCUT2D eigenvalue weighted by atomic mass is 10.0. The van der Waals surface area contributed by atoms with Crippen molar-refractivity contribution in [3.63, 3.8) is 0 Å². The van der Waals surface area contributed by atoms with Crippen molar-refractivity contribution in [3.8, 4) is 0 Å². The Labute approximate surface area is 106 Å². The van der Waals surface area contributed by atoms with Crippen molar-refractivity contribution in [3.05, 3.63) is 59.2 Å². The summed E-state index contributed by atoms with van der Waals surface area (Å²) >= 11 is 0. The first-order valence-corrected chi connectivity index (χ1v) is 5.05. The average molecular weight is 270 g/mol. The summed E-state index contributed by atoms with van der Waals surface area (Å²) in [6, 6.07) is 2.45. The van der Waals surface area contributed by atoms with Crippen LogP contribution in [-0.2, 0) is 19.6 Å². The zero-order chi connectivity index (χ0) is 14.6. The number of anilines is 1. The number of hydrogen-bond donors (Lipinski definition) is 1. The third-order valence-electron chi connectivity index (χ3n) is 2.32. The summed E-state index contributed by atoms with van der Waals surface area (Å²) in [7, 11) is 0. The summed E-state index contributed by atoms with van der Waals surface area (Å²) in [6.45, 7) is -1.85. The minimum atomic E-state index is -0.655. The Balaban J connectivity index is 3.24. The van der Waals surface area contributed by atoms with Gasteiger partial charge in [-0.15, -0.1) is 0 Å². The summed E-state index contributed by atoms with van der Waals surface area (Å²) in [5.74, 6) is 0. The SMILES string of the molecule is Nc1c(C[N+](=O)[O-])cc(C[N+](=O)[O-])cc1C[N+](=O)[O-]. The molecule has 19 heavy (non-hydrogen) atoms.